The Morgan fingerprint density at radius 3 is 2.70 bits per heavy atom. The lowest BCUT2D eigenvalue weighted by Gasteiger charge is -2.12. The highest BCUT2D eigenvalue weighted by atomic mass is 16.5. The van der Waals surface area contributed by atoms with E-state index in [0.29, 0.717) is 18.3 Å². The molecule has 5 heteroatoms. The van der Waals surface area contributed by atoms with Crippen molar-refractivity contribution in [2.45, 2.75) is 25.8 Å². The largest absolute Gasteiger partial charge is 0.339 e. The SMILES string of the molecule is Cc1ccccc1CCc1nc(C(N)CN(C)C)no1. The second kappa shape index (κ2) is 6.63. The Bertz CT molecular complexity index is 550. The maximum Gasteiger partial charge on any atom is 0.227 e. The molecular weight excluding hydrogens is 252 g/mol. The first-order valence-corrected chi connectivity index (χ1v) is 6.83. The van der Waals surface area contributed by atoms with Crippen molar-refractivity contribution in [2.24, 2.45) is 5.73 Å². The van der Waals surface area contributed by atoms with Crippen LogP contribution in [-0.2, 0) is 12.8 Å². The van der Waals surface area contributed by atoms with Gasteiger partial charge in [-0.1, -0.05) is 29.4 Å². The first-order valence-electron chi connectivity index (χ1n) is 6.83. The van der Waals surface area contributed by atoms with Crippen LogP contribution >= 0.6 is 0 Å². The molecule has 0 aliphatic rings. The van der Waals surface area contributed by atoms with Gasteiger partial charge in [-0.15, -0.1) is 0 Å². The molecule has 0 aliphatic heterocycles. The van der Waals surface area contributed by atoms with E-state index in [1.807, 2.05) is 25.1 Å². The fourth-order valence-corrected chi connectivity index (χ4v) is 2.13. The molecule has 0 bridgehead atoms. The number of benzene rings is 1. The van der Waals surface area contributed by atoms with Crippen molar-refractivity contribution in [3.8, 4) is 0 Å². The smallest absolute Gasteiger partial charge is 0.227 e. The number of nitrogens with zero attached hydrogens (tertiary/aromatic N) is 3. The Morgan fingerprint density at radius 2 is 2.00 bits per heavy atom. The second-order valence-corrected chi connectivity index (χ2v) is 5.34. The first kappa shape index (κ1) is 14.7. The Morgan fingerprint density at radius 1 is 1.25 bits per heavy atom. The zero-order valence-corrected chi connectivity index (χ0v) is 12.3. The van der Waals surface area contributed by atoms with Crippen LogP contribution in [0.2, 0.25) is 0 Å². The molecule has 1 atom stereocenters. The zero-order chi connectivity index (χ0) is 14.5. The lowest BCUT2D eigenvalue weighted by atomic mass is 10.0. The van der Waals surface area contributed by atoms with Gasteiger partial charge in [-0.3, -0.25) is 0 Å². The van der Waals surface area contributed by atoms with Gasteiger partial charge in [0.1, 0.15) is 0 Å². The summed E-state index contributed by atoms with van der Waals surface area (Å²) in [4.78, 5) is 6.39. The molecule has 0 radical (unpaired) electrons. The Hall–Kier alpha value is -1.72. The maximum atomic E-state index is 6.01. The summed E-state index contributed by atoms with van der Waals surface area (Å²) >= 11 is 0. The number of rotatable bonds is 6. The van der Waals surface area contributed by atoms with Crippen LogP contribution in [-0.4, -0.2) is 35.7 Å². The summed E-state index contributed by atoms with van der Waals surface area (Å²) < 4.78 is 5.27. The van der Waals surface area contributed by atoms with E-state index in [9.17, 15) is 0 Å². The summed E-state index contributed by atoms with van der Waals surface area (Å²) in [5, 5.41) is 3.97. The predicted octanol–water partition coefficient (Wildman–Crippen LogP) is 1.72. The quantitative estimate of drug-likeness (QED) is 0.868. The van der Waals surface area contributed by atoms with Gasteiger partial charge in [0.15, 0.2) is 5.82 Å². The van der Waals surface area contributed by atoms with Crippen molar-refractivity contribution in [1.82, 2.24) is 15.0 Å². The molecule has 1 unspecified atom stereocenters. The molecule has 0 saturated carbocycles. The van der Waals surface area contributed by atoms with Gasteiger partial charge in [-0.25, -0.2) is 0 Å². The van der Waals surface area contributed by atoms with Crippen molar-refractivity contribution in [1.29, 1.82) is 0 Å². The fraction of sp³-hybridized carbons (Fsp3) is 0.467. The molecule has 0 amide bonds. The summed E-state index contributed by atoms with van der Waals surface area (Å²) in [6.07, 6.45) is 1.64. The summed E-state index contributed by atoms with van der Waals surface area (Å²) in [6, 6.07) is 8.13. The lowest BCUT2D eigenvalue weighted by Crippen LogP contribution is -2.26. The van der Waals surface area contributed by atoms with Crippen molar-refractivity contribution < 1.29 is 4.52 Å². The molecule has 20 heavy (non-hydrogen) atoms. The first-order chi connectivity index (χ1) is 9.56. The van der Waals surface area contributed by atoms with Gasteiger partial charge < -0.3 is 15.2 Å². The number of likely N-dealkylation sites (N-methyl/N-ethyl adjacent to an activating group) is 1. The normalized spacial score (nSPS) is 12.8. The van der Waals surface area contributed by atoms with Gasteiger partial charge in [0.2, 0.25) is 5.89 Å². The number of nitrogens with two attached hydrogens (primary N) is 1. The molecule has 0 saturated heterocycles. The van der Waals surface area contributed by atoms with E-state index in [1.54, 1.807) is 0 Å². The molecule has 5 nitrogen and oxygen atoms in total. The van der Waals surface area contributed by atoms with Crippen LogP contribution in [0.3, 0.4) is 0 Å². The van der Waals surface area contributed by atoms with Crippen LogP contribution in [0.4, 0.5) is 0 Å². The molecule has 0 fully saturated rings. The summed E-state index contributed by atoms with van der Waals surface area (Å²) in [6.45, 7) is 2.82. The molecule has 2 N–H and O–H groups in total. The van der Waals surface area contributed by atoms with E-state index in [2.05, 4.69) is 35.3 Å². The van der Waals surface area contributed by atoms with E-state index >= 15 is 0 Å². The minimum atomic E-state index is -0.207. The van der Waals surface area contributed by atoms with E-state index in [1.165, 1.54) is 11.1 Å². The van der Waals surface area contributed by atoms with Gasteiger partial charge in [-0.2, -0.15) is 4.98 Å². The van der Waals surface area contributed by atoms with Crippen molar-refractivity contribution >= 4 is 0 Å². The van der Waals surface area contributed by atoms with E-state index in [0.717, 1.165) is 12.8 Å². The number of aryl methyl sites for hydroxylation is 3. The van der Waals surface area contributed by atoms with Crippen LogP contribution in [0.5, 0.6) is 0 Å². The molecule has 2 rings (SSSR count). The summed E-state index contributed by atoms with van der Waals surface area (Å²) in [7, 11) is 3.94. The van der Waals surface area contributed by atoms with E-state index < -0.39 is 0 Å². The molecule has 2 aromatic rings. The third kappa shape index (κ3) is 3.88. The highest BCUT2D eigenvalue weighted by Gasteiger charge is 2.15. The minimum absolute atomic E-state index is 0.207. The molecule has 1 heterocycles. The van der Waals surface area contributed by atoms with Crippen LogP contribution < -0.4 is 5.73 Å². The molecule has 0 spiro atoms. The van der Waals surface area contributed by atoms with Crippen LogP contribution in [0.15, 0.2) is 28.8 Å². The van der Waals surface area contributed by atoms with Crippen LogP contribution in [0.1, 0.15) is 28.9 Å². The Kier molecular flexibility index (Phi) is 4.87. The zero-order valence-electron chi connectivity index (χ0n) is 12.3. The summed E-state index contributed by atoms with van der Waals surface area (Å²) in [5.41, 5.74) is 8.61. The monoisotopic (exact) mass is 274 g/mol. The number of hydrogen-bond acceptors (Lipinski definition) is 5. The highest BCUT2D eigenvalue weighted by molar-refractivity contribution is 5.25. The Labute approximate surface area is 119 Å². The lowest BCUT2D eigenvalue weighted by molar-refractivity contribution is 0.346. The average Bonchev–Trinajstić information content (AvgIpc) is 2.86. The average molecular weight is 274 g/mol. The topological polar surface area (TPSA) is 68.2 Å². The fourth-order valence-electron chi connectivity index (χ4n) is 2.13. The third-order valence-electron chi connectivity index (χ3n) is 3.25. The third-order valence-corrected chi connectivity index (χ3v) is 3.25. The molecule has 0 aliphatic carbocycles. The molecular formula is C15H22N4O. The van der Waals surface area contributed by atoms with Gasteiger partial charge in [0.25, 0.3) is 0 Å². The second-order valence-electron chi connectivity index (χ2n) is 5.34. The van der Waals surface area contributed by atoms with Gasteiger partial charge in [0, 0.05) is 13.0 Å². The molecule has 108 valence electrons. The number of aromatic nitrogens is 2. The maximum absolute atomic E-state index is 6.01. The van der Waals surface area contributed by atoms with Crippen molar-refractivity contribution in [3.63, 3.8) is 0 Å². The molecule has 1 aromatic heterocycles. The van der Waals surface area contributed by atoms with Gasteiger partial charge in [0.05, 0.1) is 6.04 Å². The van der Waals surface area contributed by atoms with E-state index in [-0.39, 0.29) is 6.04 Å². The summed E-state index contributed by atoms with van der Waals surface area (Å²) in [5.74, 6) is 1.23. The van der Waals surface area contributed by atoms with Gasteiger partial charge >= 0.3 is 0 Å². The molecule has 1 aromatic carbocycles. The Balaban J connectivity index is 1.95. The predicted molar refractivity (Wildman–Crippen MR) is 78.4 cm³/mol. The van der Waals surface area contributed by atoms with Crippen LogP contribution in [0, 0.1) is 6.92 Å². The van der Waals surface area contributed by atoms with Gasteiger partial charge in [-0.05, 0) is 38.6 Å². The minimum Gasteiger partial charge on any atom is -0.339 e. The highest BCUT2D eigenvalue weighted by Crippen LogP contribution is 2.12. The van der Waals surface area contributed by atoms with E-state index in [4.69, 9.17) is 10.3 Å². The van der Waals surface area contributed by atoms with Crippen molar-refractivity contribution in [3.05, 3.63) is 47.1 Å². The van der Waals surface area contributed by atoms with Crippen molar-refractivity contribution in [2.75, 3.05) is 20.6 Å². The number of hydrogen-bond donors (Lipinski definition) is 1. The standard InChI is InChI=1S/C15H22N4O/c1-11-6-4-5-7-12(11)8-9-14-17-15(18-20-14)13(16)10-19(2)3/h4-7,13H,8-10,16H2,1-3H3. The van der Waals surface area contributed by atoms with Crippen LogP contribution in [0.25, 0.3) is 0 Å².